The van der Waals surface area contributed by atoms with Gasteiger partial charge in [-0.2, -0.15) is 0 Å². The molecule has 0 amide bonds. The van der Waals surface area contributed by atoms with Gasteiger partial charge in [0.05, 0.1) is 11.8 Å². The quantitative estimate of drug-likeness (QED) is 0.643. The van der Waals surface area contributed by atoms with Crippen molar-refractivity contribution in [3.05, 3.63) is 59.7 Å². The maximum atomic E-state index is 12.4. The number of aryl methyl sites for hydroxylation is 2. The largest absolute Gasteiger partial charge is 0.461 e. The highest BCUT2D eigenvalue weighted by Crippen LogP contribution is 2.24. The van der Waals surface area contributed by atoms with Crippen LogP contribution in [0.4, 0.5) is 0 Å². The number of rotatable bonds is 2. The van der Waals surface area contributed by atoms with Crippen LogP contribution in [-0.4, -0.2) is 10.4 Å². The van der Waals surface area contributed by atoms with Crippen LogP contribution in [0.1, 0.15) is 21.7 Å². The lowest BCUT2D eigenvalue weighted by molar-refractivity contribution is 0.101. The Morgan fingerprint density at radius 2 is 2.00 bits per heavy atom. The lowest BCUT2D eigenvalue weighted by Crippen LogP contribution is -2.00. The molecule has 0 atom stereocenters. The minimum Gasteiger partial charge on any atom is -0.461 e. The van der Waals surface area contributed by atoms with Crippen LogP contribution in [0.5, 0.6) is 0 Å². The van der Waals surface area contributed by atoms with Crippen LogP contribution in [0.25, 0.3) is 10.9 Å². The molecule has 18 heavy (non-hydrogen) atoms. The molecule has 0 spiro atoms. The Kier molecular flexibility index (Phi) is 2.33. The third kappa shape index (κ3) is 1.48. The highest BCUT2D eigenvalue weighted by atomic mass is 16.3. The normalized spacial score (nSPS) is 11.0. The summed E-state index contributed by atoms with van der Waals surface area (Å²) in [6.45, 7) is 1.88. The lowest BCUT2D eigenvalue weighted by atomic mass is 10.1. The molecule has 0 saturated carbocycles. The molecule has 0 aliphatic rings. The maximum absolute atomic E-state index is 12.4. The van der Waals surface area contributed by atoms with Crippen LogP contribution in [0.2, 0.25) is 0 Å². The summed E-state index contributed by atoms with van der Waals surface area (Å²) in [7, 11) is 1.94. The SMILES string of the molecule is Cc1ccoc1C(=O)c1cn(C)c2ccccc12. The summed E-state index contributed by atoms with van der Waals surface area (Å²) in [6, 6.07) is 9.67. The summed E-state index contributed by atoms with van der Waals surface area (Å²) in [5.74, 6) is 0.362. The van der Waals surface area contributed by atoms with E-state index in [1.807, 2.05) is 49.0 Å². The number of carbonyl (C=O) groups excluding carboxylic acids is 1. The summed E-state index contributed by atoms with van der Waals surface area (Å²) in [6.07, 6.45) is 3.41. The molecule has 3 rings (SSSR count). The number of fused-ring (bicyclic) bond motifs is 1. The van der Waals surface area contributed by atoms with Crippen LogP contribution in [0, 0.1) is 6.92 Å². The molecule has 3 heteroatoms. The van der Waals surface area contributed by atoms with Crippen molar-refractivity contribution in [1.82, 2.24) is 4.57 Å². The molecule has 0 N–H and O–H groups in total. The van der Waals surface area contributed by atoms with E-state index >= 15 is 0 Å². The Labute approximate surface area is 105 Å². The fraction of sp³-hybridized carbons (Fsp3) is 0.133. The third-order valence-electron chi connectivity index (χ3n) is 3.21. The highest BCUT2D eigenvalue weighted by Gasteiger charge is 2.19. The van der Waals surface area contributed by atoms with E-state index in [-0.39, 0.29) is 5.78 Å². The fourth-order valence-corrected chi connectivity index (χ4v) is 2.25. The predicted octanol–water partition coefficient (Wildman–Crippen LogP) is 3.31. The summed E-state index contributed by atoms with van der Waals surface area (Å²) < 4.78 is 7.24. The van der Waals surface area contributed by atoms with Gasteiger partial charge >= 0.3 is 0 Å². The molecule has 2 aromatic heterocycles. The standard InChI is InChI=1S/C15H13NO2/c1-10-7-8-18-15(10)14(17)12-9-16(2)13-6-4-3-5-11(12)13/h3-9H,1-2H3. The second-order valence-corrected chi connectivity index (χ2v) is 4.43. The van der Waals surface area contributed by atoms with Gasteiger partial charge in [-0.05, 0) is 24.6 Å². The molecule has 0 radical (unpaired) electrons. The molecule has 0 aliphatic heterocycles. The Balaban J connectivity index is 2.21. The van der Waals surface area contributed by atoms with Crippen molar-refractivity contribution in [2.24, 2.45) is 7.05 Å². The minimum atomic E-state index is -0.0608. The summed E-state index contributed by atoms with van der Waals surface area (Å²) in [4.78, 5) is 12.4. The van der Waals surface area contributed by atoms with Crippen molar-refractivity contribution in [3.8, 4) is 0 Å². The first kappa shape index (κ1) is 10.8. The van der Waals surface area contributed by atoms with Crippen LogP contribution in [0.15, 0.2) is 47.2 Å². The van der Waals surface area contributed by atoms with Crippen molar-refractivity contribution in [3.63, 3.8) is 0 Å². The number of ketones is 1. The number of furan rings is 1. The van der Waals surface area contributed by atoms with Gasteiger partial charge in [-0.25, -0.2) is 0 Å². The van der Waals surface area contributed by atoms with Crippen molar-refractivity contribution >= 4 is 16.7 Å². The molecule has 0 unspecified atom stereocenters. The molecule has 0 saturated heterocycles. The fourth-order valence-electron chi connectivity index (χ4n) is 2.25. The first-order valence-corrected chi connectivity index (χ1v) is 5.81. The van der Waals surface area contributed by atoms with E-state index in [0.717, 1.165) is 16.5 Å². The molecule has 90 valence electrons. The van der Waals surface area contributed by atoms with E-state index in [1.165, 1.54) is 0 Å². The van der Waals surface area contributed by atoms with Gasteiger partial charge in [0.25, 0.3) is 0 Å². The molecule has 0 aliphatic carbocycles. The Morgan fingerprint density at radius 3 is 2.72 bits per heavy atom. The average molecular weight is 239 g/mol. The highest BCUT2D eigenvalue weighted by molar-refractivity contribution is 6.15. The van der Waals surface area contributed by atoms with Crippen LogP contribution in [-0.2, 0) is 7.05 Å². The number of benzene rings is 1. The van der Waals surface area contributed by atoms with Gasteiger partial charge < -0.3 is 8.98 Å². The minimum absolute atomic E-state index is 0.0608. The van der Waals surface area contributed by atoms with Gasteiger partial charge in [0, 0.05) is 24.1 Å². The molecule has 0 bridgehead atoms. The summed E-state index contributed by atoms with van der Waals surface area (Å²) in [5.41, 5.74) is 2.60. The molecule has 0 fully saturated rings. The maximum Gasteiger partial charge on any atom is 0.230 e. The molecule has 1 aromatic carbocycles. The third-order valence-corrected chi connectivity index (χ3v) is 3.21. The van der Waals surface area contributed by atoms with Gasteiger partial charge in [-0.15, -0.1) is 0 Å². The monoisotopic (exact) mass is 239 g/mol. The molecule has 3 aromatic rings. The van der Waals surface area contributed by atoms with Gasteiger partial charge in [0.15, 0.2) is 5.76 Å². The van der Waals surface area contributed by atoms with Gasteiger partial charge in [0.1, 0.15) is 0 Å². The van der Waals surface area contributed by atoms with E-state index in [2.05, 4.69) is 0 Å². The first-order chi connectivity index (χ1) is 8.68. The Hall–Kier alpha value is -2.29. The van der Waals surface area contributed by atoms with Gasteiger partial charge in [-0.1, -0.05) is 18.2 Å². The average Bonchev–Trinajstić information content (AvgIpc) is 2.94. The van der Waals surface area contributed by atoms with Crippen molar-refractivity contribution in [2.45, 2.75) is 6.92 Å². The van der Waals surface area contributed by atoms with Crippen LogP contribution < -0.4 is 0 Å². The zero-order chi connectivity index (χ0) is 12.7. The zero-order valence-corrected chi connectivity index (χ0v) is 10.3. The smallest absolute Gasteiger partial charge is 0.230 e. The van der Waals surface area contributed by atoms with Crippen molar-refractivity contribution in [1.29, 1.82) is 0 Å². The Morgan fingerprint density at radius 1 is 1.22 bits per heavy atom. The molecular weight excluding hydrogens is 226 g/mol. The van der Waals surface area contributed by atoms with E-state index in [1.54, 1.807) is 12.3 Å². The number of hydrogen-bond acceptors (Lipinski definition) is 2. The van der Waals surface area contributed by atoms with Crippen molar-refractivity contribution in [2.75, 3.05) is 0 Å². The number of para-hydroxylation sites is 1. The molecule has 3 nitrogen and oxygen atoms in total. The summed E-state index contributed by atoms with van der Waals surface area (Å²) >= 11 is 0. The van der Waals surface area contributed by atoms with Gasteiger partial charge in [-0.3, -0.25) is 4.79 Å². The zero-order valence-electron chi connectivity index (χ0n) is 10.3. The van der Waals surface area contributed by atoms with Crippen molar-refractivity contribution < 1.29 is 9.21 Å². The molecular formula is C15H13NO2. The first-order valence-electron chi connectivity index (χ1n) is 5.81. The number of hydrogen-bond donors (Lipinski definition) is 0. The lowest BCUT2D eigenvalue weighted by Gasteiger charge is -1.97. The van der Waals surface area contributed by atoms with Gasteiger partial charge in [0.2, 0.25) is 5.78 Å². The number of nitrogens with zero attached hydrogens (tertiary/aromatic N) is 1. The Bertz CT molecular complexity index is 734. The topological polar surface area (TPSA) is 35.1 Å². The van der Waals surface area contributed by atoms with E-state index in [0.29, 0.717) is 11.3 Å². The summed E-state index contributed by atoms with van der Waals surface area (Å²) in [5, 5.41) is 0.959. The van der Waals surface area contributed by atoms with E-state index in [4.69, 9.17) is 4.42 Å². The predicted molar refractivity (Wildman–Crippen MR) is 69.8 cm³/mol. The molecule has 2 heterocycles. The van der Waals surface area contributed by atoms with E-state index in [9.17, 15) is 4.79 Å². The van der Waals surface area contributed by atoms with E-state index < -0.39 is 0 Å². The second-order valence-electron chi connectivity index (χ2n) is 4.43. The van der Waals surface area contributed by atoms with Crippen LogP contribution >= 0.6 is 0 Å². The number of carbonyl (C=O) groups is 1. The number of aromatic nitrogens is 1. The van der Waals surface area contributed by atoms with Crippen LogP contribution in [0.3, 0.4) is 0 Å². The second kappa shape index (κ2) is 3.88.